The van der Waals surface area contributed by atoms with Crippen LogP contribution in [0.2, 0.25) is 5.02 Å². The maximum absolute atomic E-state index is 11.9. The van der Waals surface area contributed by atoms with Crippen molar-refractivity contribution in [3.8, 4) is 5.75 Å². The second-order valence-corrected chi connectivity index (χ2v) is 6.54. The van der Waals surface area contributed by atoms with E-state index in [1.165, 1.54) is 0 Å². The Balaban J connectivity index is 1.68. The first-order valence-electron chi connectivity index (χ1n) is 8.68. The largest absolute Gasteiger partial charge is 0.483 e. The summed E-state index contributed by atoms with van der Waals surface area (Å²) in [6, 6.07) is 12.5. The Labute approximate surface area is 168 Å². The van der Waals surface area contributed by atoms with E-state index in [2.05, 4.69) is 16.2 Å². The molecule has 2 aromatic rings. The zero-order chi connectivity index (χ0) is 20.5. The molecule has 148 valence electrons. The zero-order valence-electron chi connectivity index (χ0n) is 15.7. The van der Waals surface area contributed by atoms with Crippen molar-refractivity contribution in [2.24, 2.45) is 0 Å². The summed E-state index contributed by atoms with van der Waals surface area (Å²) in [6.07, 6.45) is -0.139. The van der Waals surface area contributed by atoms with Crippen molar-refractivity contribution >= 4 is 35.0 Å². The molecule has 0 spiro atoms. The summed E-state index contributed by atoms with van der Waals surface area (Å²) in [5.74, 6) is -0.709. The van der Waals surface area contributed by atoms with Crippen molar-refractivity contribution in [1.82, 2.24) is 10.9 Å². The van der Waals surface area contributed by atoms with Crippen LogP contribution >= 0.6 is 11.6 Å². The van der Waals surface area contributed by atoms with Gasteiger partial charge < -0.3 is 10.1 Å². The minimum atomic E-state index is -0.503. The average Bonchev–Trinajstić information content (AvgIpc) is 2.66. The Hall–Kier alpha value is -3.06. The van der Waals surface area contributed by atoms with Gasteiger partial charge in [-0.3, -0.25) is 25.2 Å². The molecule has 2 rings (SSSR count). The van der Waals surface area contributed by atoms with Gasteiger partial charge in [0.15, 0.2) is 6.61 Å². The molecular weight excluding hydrogens is 382 g/mol. The number of halogens is 1. The summed E-state index contributed by atoms with van der Waals surface area (Å²) in [6.45, 7) is 3.53. The molecule has 0 aromatic heterocycles. The van der Waals surface area contributed by atoms with Crippen LogP contribution in [0.3, 0.4) is 0 Å². The third kappa shape index (κ3) is 6.59. The highest BCUT2D eigenvalue weighted by Crippen LogP contribution is 2.22. The Morgan fingerprint density at radius 1 is 0.857 bits per heavy atom. The molecule has 28 heavy (non-hydrogen) atoms. The SMILES string of the molecule is Cc1cccc(C)c1OCC(=O)NNC(=O)CCC(=O)Nc1ccccc1Cl. The van der Waals surface area contributed by atoms with E-state index >= 15 is 0 Å². The van der Waals surface area contributed by atoms with Gasteiger partial charge in [0.1, 0.15) is 5.75 Å². The van der Waals surface area contributed by atoms with Crippen LogP contribution in [0.15, 0.2) is 42.5 Å². The third-order valence-electron chi connectivity index (χ3n) is 3.82. The van der Waals surface area contributed by atoms with E-state index in [1.54, 1.807) is 24.3 Å². The average molecular weight is 404 g/mol. The predicted molar refractivity (Wildman–Crippen MR) is 107 cm³/mol. The molecule has 0 atom stereocenters. The van der Waals surface area contributed by atoms with Crippen molar-refractivity contribution in [3.63, 3.8) is 0 Å². The van der Waals surface area contributed by atoms with Gasteiger partial charge in [-0.2, -0.15) is 0 Å². The van der Waals surface area contributed by atoms with E-state index in [9.17, 15) is 14.4 Å². The van der Waals surface area contributed by atoms with E-state index in [4.69, 9.17) is 16.3 Å². The number of rotatable bonds is 7. The Kier molecular flexibility index (Phi) is 7.83. The van der Waals surface area contributed by atoms with Crippen molar-refractivity contribution < 1.29 is 19.1 Å². The number of anilines is 1. The molecule has 2 aromatic carbocycles. The lowest BCUT2D eigenvalue weighted by Gasteiger charge is -2.12. The molecule has 0 saturated heterocycles. The van der Waals surface area contributed by atoms with Gasteiger partial charge in [0, 0.05) is 12.8 Å². The van der Waals surface area contributed by atoms with Gasteiger partial charge in [-0.1, -0.05) is 41.9 Å². The fraction of sp³-hybridized carbons (Fsp3) is 0.250. The van der Waals surface area contributed by atoms with E-state index in [1.807, 2.05) is 32.0 Å². The lowest BCUT2D eigenvalue weighted by Crippen LogP contribution is -2.44. The molecule has 0 aliphatic rings. The van der Waals surface area contributed by atoms with Crippen molar-refractivity contribution in [3.05, 3.63) is 58.6 Å². The van der Waals surface area contributed by atoms with Gasteiger partial charge in [-0.05, 0) is 37.1 Å². The zero-order valence-corrected chi connectivity index (χ0v) is 16.4. The lowest BCUT2D eigenvalue weighted by molar-refractivity contribution is -0.130. The van der Waals surface area contributed by atoms with Gasteiger partial charge >= 0.3 is 0 Å². The fourth-order valence-electron chi connectivity index (χ4n) is 2.40. The molecule has 0 aliphatic heterocycles. The molecule has 3 amide bonds. The summed E-state index contributed by atoms with van der Waals surface area (Å²) in [7, 11) is 0. The number of hydrogen-bond donors (Lipinski definition) is 3. The van der Waals surface area contributed by atoms with E-state index in [0.29, 0.717) is 16.5 Å². The number of nitrogens with one attached hydrogen (secondary N) is 3. The normalized spacial score (nSPS) is 10.1. The third-order valence-corrected chi connectivity index (χ3v) is 4.15. The summed E-state index contributed by atoms with van der Waals surface area (Å²) in [4.78, 5) is 35.5. The topological polar surface area (TPSA) is 96.5 Å². The predicted octanol–water partition coefficient (Wildman–Crippen LogP) is 2.90. The monoisotopic (exact) mass is 403 g/mol. The second kappa shape index (κ2) is 10.3. The highest BCUT2D eigenvalue weighted by atomic mass is 35.5. The number of carbonyl (C=O) groups is 3. The fourth-order valence-corrected chi connectivity index (χ4v) is 2.59. The molecule has 0 bridgehead atoms. The molecule has 0 heterocycles. The first-order chi connectivity index (χ1) is 13.4. The maximum Gasteiger partial charge on any atom is 0.276 e. The van der Waals surface area contributed by atoms with E-state index in [-0.39, 0.29) is 25.4 Å². The number of hydrazine groups is 1. The molecule has 0 unspecified atom stereocenters. The Morgan fingerprint density at radius 3 is 2.14 bits per heavy atom. The highest BCUT2D eigenvalue weighted by Gasteiger charge is 2.11. The van der Waals surface area contributed by atoms with Crippen LogP contribution in [0, 0.1) is 13.8 Å². The van der Waals surface area contributed by atoms with Crippen LogP contribution in [0.1, 0.15) is 24.0 Å². The van der Waals surface area contributed by atoms with Gasteiger partial charge in [0.25, 0.3) is 5.91 Å². The smallest absolute Gasteiger partial charge is 0.276 e. The standard InChI is InChI=1S/C20H22ClN3O4/c1-13-6-5-7-14(2)20(13)28-12-19(27)24-23-18(26)11-10-17(25)22-16-9-4-3-8-15(16)21/h3-9H,10-12H2,1-2H3,(H,22,25)(H,23,26)(H,24,27). The van der Waals surface area contributed by atoms with Gasteiger partial charge in [-0.15, -0.1) is 0 Å². The molecule has 0 saturated carbocycles. The summed E-state index contributed by atoms with van der Waals surface area (Å²) >= 11 is 5.96. The van der Waals surface area contributed by atoms with Crippen LogP contribution in [-0.4, -0.2) is 24.3 Å². The number of carbonyl (C=O) groups excluding carboxylic acids is 3. The quantitative estimate of drug-likeness (QED) is 0.619. The first kappa shape index (κ1) is 21.2. The number of amides is 3. The molecule has 8 heteroatoms. The minimum absolute atomic E-state index is 0.0498. The number of ether oxygens (including phenoxy) is 1. The minimum Gasteiger partial charge on any atom is -0.483 e. The molecule has 0 radical (unpaired) electrons. The van der Waals surface area contributed by atoms with Crippen LogP contribution in [0.25, 0.3) is 0 Å². The van der Waals surface area contributed by atoms with Gasteiger partial charge in [0.2, 0.25) is 11.8 Å². The number of aryl methyl sites for hydroxylation is 2. The van der Waals surface area contributed by atoms with Crippen LogP contribution in [-0.2, 0) is 14.4 Å². The number of benzene rings is 2. The van der Waals surface area contributed by atoms with Crippen molar-refractivity contribution in [2.45, 2.75) is 26.7 Å². The summed E-state index contributed by atoms with van der Waals surface area (Å²) in [5.41, 5.74) is 6.83. The van der Waals surface area contributed by atoms with Crippen LogP contribution < -0.4 is 20.9 Å². The van der Waals surface area contributed by atoms with Crippen molar-refractivity contribution in [1.29, 1.82) is 0 Å². The van der Waals surface area contributed by atoms with Gasteiger partial charge in [-0.25, -0.2) is 0 Å². The van der Waals surface area contributed by atoms with Crippen molar-refractivity contribution in [2.75, 3.05) is 11.9 Å². The maximum atomic E-state index is 11.9. The Morgan fingerprint density at radius 2 is 1.46 bits per heavy atom. The second-order valence-electron chi connectivity index (χ2n) is 6.13. The first-order valence-corrected chi connectivity index (χ1v) is 9.05. The number of para-hydroxylation sites is 2. The van der Waals surface area contributed by atoms with E-state index in [0.717, 1.165) is 11.1 Å². The molecular formula is C20H22ClN3O4. The van der Waals surface area contributed by atoms with E-state index < -0.39 is 11.8 Å². The molecule has 0 fully saturated rings. The van der Waals surface area contributed by atoms with Crippen LogP contribution in [0.5, 0.6) is 5.75 Å². The highest BCUT2D eigenvalue weighted by molar-refractivity contribution is 6.33. The van der Waals surface area contributed by atoms with Gasteiger partial charge in [0.05, 0.1) is 10.7 Å². The summed E-state index contributed by atoms with van der Waals surface area (Å²) < 4.78 is 5.50. The Bertz CT molecular complexity index is 850. The lowest BCUT2D eigenvalue weighted by atomic mass is 10.1. The molecule has 7 nitrogen and oxygen atoms in total. The summed E-state index contributed by atoms with van der Waals surface area (Å²) in [5, 5.41) is 3.03. The van der Waals surface area contributed by atoms with Crippen LogP contribution in [0.4, 0.5) is 5.69 Å². The molecule has 0 aliphatic carbocycles. The number of hydrogen-bond acceptors (Lipinski definition) is 4. The molecule has 3 N–H and O–H groups in total.